The van der Waals surface area contributed by atoms with E-state index in [2.05, 4.69) is 0 Å². The first-order chi connectivity index (χ1) is 11.6. The topological polar surface area (TPSA) is 79.2 Å². The van der Waals surface area contributed by atoms with Crippen LogP contribution in [0.2, 0.25) is 0 Å². The minimum absolute atomic E-state index is 0.223. The lowest BCUT2D eigenvalue weighted by Crippen LogP contribution is -2.27. The van der Waals surface area contributed by atoms with Gasteiger partial charge in [-0.1, -0.05) is 18.2 Å². The number of benzene rings is 2. The third kappa shape index (κ3) is 3.03. The summed E-state index contributed by atoms with van der Waals surface area (Å²) in [6.07, 6.45) is 0.750. The van der Waals surface area contributed by atoms with Gasteiger partial charge in [-0.2, -0.15) is 0 Å². The van der Waals surface area contributed by atoms with Crippen LogP contribution in [0.25, 0.3) is 11.0 Å². The molecule has 0 bridgehead atoms. The summed E-state index contributed by atoms with van der Waals surface area (Å²) in [5.41, 5.74) is 7.16. The Balaban J connectivity index is 1.71. The number of anilines is 1. The molecule has 1 heterocycles. The van der Waals surface area contributed by atoms with Gasteiger partial charge in [-0.05, 0) is 36.8 Å². The average Bonchev–Trinajstić information content (AvgIpc) is 2.83. The number of hydrogen-bond acceptors (Lipinski definition) is 4. The molecular formula is C18H19N3O3. The van der Waals surface area contributed by atoms with Crippen LogP contribution in [0.4, 0.5) is 5.69 Å². The number of nitrogen functional groups attached to an aromatic ring is 1. The van der Waals surface area contributed by atoms with Crippen LogP contribution in [0.5, 0.6) is 5.75 Å². The van der Waals surface area contributed by atoms with Crippen molar-refractivity contribution in [2.24, 2.45) is 7.05 Å². The second-order valence-corrected chi connectivity index (χ2v) is 5.58. The highest BCUT2D eigenvalue weighted by Gasteiger charge is 2.16. The highest BCUT2D eigenvalue weighted by Crippen LogP contribution is 2.17. The SMILES string of the molecule is Cn1c(=O)n(C(=O)CCCOc2ccccc2)c2cc(N)ccc21. The Bertz CT molecular complexity index is 926. The first kappa shape index (κ1) is 15.9. The van der Waals surface area contributed by atoms with Crippen LogP contribution in [0.3, 0.4) is 0 Å². The van der Waals surface area contributed by atoms with E-state index in [0.717, 1.165) is 5.75 Å². The van der Waals surface area contributed by atoms with Crippen molar-refractivity contribution in [1.82, 2.24) is 9.13 Å². The van der Waals surface area contributed by atoms with E-state index in [-0.39, 0.29) is 18.0 Å². The largest absolute Gasteiger partial charge is 0.494 e. The zero-order valence-electron chi connectivity index (χ0n) is 13.4. The number of nitrogens with zero attached hydrogens (tertiary/aromatic N) is 2. The Labute approximate surface area is 139 Å². The molecule has 0 aliphatic rings. The van der Waals surface area contributed by atoms with Crippen LogP contribution in [-0.4, -0.2) is 21.6 Å². The Morgan fingerprint density at radius 2 is 1.88 bits per heavy atom. The molecule has 0 saturated carbocycles. The summed E-state index contributed by atoms with van der Waals surface area (Å²) in [6.45, 7) is 0.414. The second-order valence-electron chi connectivity index (χ2n) is 5.58. The molecular weight excluding hydrogens is 306 g/mol. The molecule has 0 aliphatic carbocycles. The molecule has 0 aliphatic heterocycles. The number of nitrogens with two attached hydrogens (primary N) is 1. The Kier molecular flexibility index (Phi) is 4.37. The van der Waals surface area contributed by atoms with Gasteiger partial charge < -0.3 is 10.5 Å². The molecule has 3 rings (SSSR count). The van der Waals surface area contributed by atoms with Crippen molar-refractivity contribution < 1.29 is 9.53 Å². The maximum Gasteiger partial charge on any atom is 0.335 e. The molecule has 124 valence electrons. The maximum absolute atomic E-state index is 12.5. The molecule has 2 aromatic carbocycles. The van der Waals surface area contributed by atoms with E-state index in [1.807, 2.05) is 30.3 Å². The summed E-state index contributed by atoms with van der Waals surface area (Å²) in [5, 5.41) is 0. The number of aryl methyl sites for hydroxylation is 1. The standard InChI is InChI=1S/C18H19N3O3/c1-20-15-10-9-13(19)12-16(15)21(18(20)23)17(22)8-5-11-24-14-6-3-2-4-7-14/h2-4,6-7,9-10,12H,5,8,11,19H2,1H3. The summed E-state index contributed by atoms with van der Waals surface area (Å²) in [5.74, 6) is 0.507. The quantitative estimate of drug-likeness (QED) is 0.577. The molecule has 0 saturated heterocycles. The van der Waals surface area contributed by atoms with Crippen LogP contribution in [0.15, 0.2) is 53.3 Å². The van der Waals surface area contributed by atoms with E-state index in [4.69, 9.17) is 10.5 Å². The third-order valence-electron chi connectivity index (χ3n) is 3.88. The van der Waals surface area contributed by atoms with E-state index in [1.54, 1.807) is 25.2 Å². The summed E-state index contributed by atoms with van der Waals surface area (Å²) in [7, 11) is 1.64. The highest BCUT2D eigenvalue weighted by molar-refractivity contribution is 5.91. The number of imidazole rings is 1. The second kappa shape index (κ2) is 6.62. The van der Waals surface area contributed by atoms with Gasteiger partial charge in [0.25, 0.3) is 0 Å². The predicted molar refractivity (Wildman–Crippen MR) is 93.4 cm³/mol. The summed E-state index contributed by atoms with van der Waals surface area (Å²) >= 11 is 0. The van der Waals surface area contributed by atoms with Crippen molar-refractivity contribution in [2.45, 2.75) is 12.8 Å². The van der Waals surface area contributed by atoms with Crippen LogP contribution in [0.1, 0.15) is 17.6 Å². The fourth-order valence-corrected chi connectivity index (χ4v) is 2.64. The first-order valence-electron chi connectivity index (χ1n) is 7.76. The number of carbonyl (C=O) groups is 1. The lowest BCUT2D eigenvalue weighted by Gasteiger charge is -2.06. The molecule has 0 amide bonds. The molecule has 3 aromatic rings. The number of hydrogen-bond donors (Lipinski definition) is 1. The number of rotatable bonds is 5. The molecule has 1 aromatic heterocycles. The summed E-state index contributed by atoms with van der Waals surface area (Å²) in [4.78, 5) is 24.8. The fraction of sp³-hybridized carbons (Fsp3) is 0.222. The number of ether oxygens (including phenoxy) is 1. The van der Waals surface area contributed by atoms with Crippen LogP contribution < -0.4 is 16.2 Å². The van der Waals surface area contributed by atoms with Gasteiger partial charge in [0.05, 0.1) is 17.6 Å². The minimum atomic E-state index is -0.357. The minimum Gasteiger partial charge on any atom is -0.494 e. The number of aromatic nitrogens is 2. The van der Waals surface area contributed by atoms with Crippen molar-refractivity contribution in [2.75, 3.05) is 12.3 Å². The van der Waals surface area contributed by atoms with Crippen molar-refractivity contribution >= 4 is 22.6 Å². The van der Waals surface area contributed by atoms with E-state index >= 15 is 0 Å². The molecule has 0 radical (unpaired) electrons. The van der Waals surface area contributed by atoms with Crippen molar-refractivity contribution in [3.8, 4) is 5.75 Å². The Hall–Kier alpha value is -3.02. The number of carbonyl (C=O) groups excluding carboxylic acids is 1. The molecule has 2 N–H and O–H groups in total. The molecule has 6 nitrogen and oxygen atoms in total. The highest BCUT2D eigenvalue weighted by atomic mass is 16.5. The van der Waals surface area contributed by atoms with Crippen LogP contribution in [0, 0.1) is 0 Å². The molecule has 0 atom stereocenters. The van der Waals surface area contributed by atoms with Crippen molar-refractivity contribution in [3.63, 3.8) is 0 Å². The molecule has 0 fully saturated rings. The molecule has 0 spiro atoms. The van der Waals surface area contributed by atoms with E-state index in [9.17, 15) is 9.59 Å². The summed E-state index contributed by atoms with van der Waals surface area (Å²) < 4.78 is 8.21. The van der Waals surface area contributed by atoms with Gasteiger partial charge in [-0.15, -0.1) is 0 Å². The van der Waals surface area contributed by atoms with Gasteiger partial charge in [-0.25, -0.2) is 9.36 Å². The Morgan fingerprint density at radius 3 is 2.62 bits per heavy atom. The average molecular weight is 325 g/mol. The summed E-state index contributed by atoms with van der Waals surface area (Å²) in [6, 6.07) is 14.5. The number of fused-ring (bicyclic) bond motifs is 1. The van der Waals surface area contributed by atoms with Crippen molar-refractivity contribution in [1.29, 1.82) is 0 Å². The van der Waals surface area contributed by atoms with E-state index in [1.165, 1.54) is 9.13 Å². The maximum atomic E-state index is 12.5. The van der Waals surface area contributed by atoms with Crippen LogP contribution in [-0.2, 0) is 7.05 Å². The van der Waals surface area contributed by atoms with Gasteiger partial charge >= 0.3 is 5.69 Å². The van der Waals surface area contributed by atoms with Gasteiger partial charge in [0.2, 0.25) is 5.91 Å². The smallest absolute Gasteiger partial charge is 0.335 e. The first-order valence-corrected chi connectivity index (χ1v) is 7.76. The molecule has 0 unspecified atom stereocenters. The molecule has 24 heavy (non-hydrogen) atoms. The predicted octanol–water partition coefficient (Wildman–Crippen LogP) is 2.42. The van der Waals surface area contributed by atoms with E-state index < -0.39 is 0 Å². The van der Waals surface area contributed by atoms with Crippen molar-refractivity contribution in [3.05, 3.63) is 59.0 Å². The van der Waals surface area contributed by atoms with Gasteiger partial charge in [-0.3, -0.25) is 9.36 Å². The zero-order chi connectivity index (χ0) is 17.1. The fourth-order valence-electron chi connectivity index (χ4n) is 2.64. The lowest BCUT2D eigenvalue weighted by atomic mass is 10.2. The molecule has 6 heteroatoms. The monoisotopic (exact) mass is 325 g/mol. The van der Waals surface area contributed by atoms with Crippen LogP contribution >= 0.6 is 0 Å². The lowest BCUT2D eigenvalue weighted by molar-refractivity contribution is 0.0893. The third-order valence-corrected chi connectivity index (χ3v) is 3.88. The Morgan fingerprint density at radius 1 is 1.12 bits per heavy atom. The van der Waals surface area contributed by atoms with Gasteiger partial charge in [0, 0.05) is 19.2 Å². The zero-order valence-corrected chi connectivity index (χ0v) is 13.4. The van der Waals surface area contributed by atoms with Gasteiger partial charge in [0.15, 0.2) is 0 Å². The van der Waals surface area contributed by atoms with E-state index in [0.29, 0.717) is 29.7 Å². The number of para-hydroxylation sites is 1. The normalized spacial score (nSPS) is 10.9. The van der Waals surface area contributed by atoms with Gasteiger partial charge in [0.1, 0.15) is 5.75 Å².